The number of para-hydroxylation sites is 1. The average molecular weight is 258 g/mol. The second-order valence-corrected chi connectivity index (χ2v) is 4.38. The first-order chi connectivity index (χ1) is 8.61. The summed E-state index contributed by atoms with van der Waals surface area (Å²) >= 11 is 6.10. The quantitative estimate of drug-likeness (QED) is 0.804. The van der Waals surface area contributed by atoms with E-state index in [4.69, 9.17) is 22.6 Å². The van der Waals surface area contributed by atoms with E-state index in [1.807, 2.05) is 13.0 Å². The minimum absolute atomic E-state index is 0.553. The van der Waals surface area contributed by atoms with Gasteiger partial charge >= 0.3 is 0 Å². The van der Waals surface area contributed by atoms with Crippen molar-refractivity contribution in [1.29, 1.82) is 5.26 Å². The van der Waals surface area contributed by atoms with Gasteiger partial charge in [-0.15, -0.1) is 0 Å². The van der Waals surface area contributed by atoms with Crippen molar-refractivity contribution in [2.45, 2.75) is 6.92 Å². The lowest BCUT2D eigenvalue weighted by atomic mass is 10.1. The molecule has 2 aromatic rings. The zero-order valence-electron chi connectivity index (χ0n) is 9.87. The number of hydrogen-bond donors (Lipinski definition) is 2. The maximum atomic E-state index is 8.90. The lowest BCUT2D eigenvalue weighted by Crippen LogP contribution is -1.99. The number of nitrogens with two attached hydrogens (primary N) is 1. The third-order valence-corrected chi connectivity index (χ3v) is 2.99. The first kappa shape index (κ1) is 12.3. The first-order valence-corrected chi connectivity index (χ1v) is 5.81. The Morgan fingerprint density at radius 3 is 2.72 bits per heavy atom. The van der Waals surface area contributed by atoms with E-state index in [-0.39, 0.29) is 0 Å². The number of nitrogens with one attached hydrogen (secondary N) is 1. The number of nitrogen functional groups attached to an aromatic ring is 1. The molecule has 0 bridgehead atoms. The molecule has 0 heterocycles. The van der Waals surface area contributed by atoms with E-state index in [2.05, 4.69) is 11.4 Å². The standard InChI is InChI=1S/C14H12ClN3/c1-9-5-6-10(8-16)7-13(9)18-14-11(15)3-2-4-12(14)17/h2-7,18H,17H2,1H3. The molecular formula is C14H12ClN3. The Labute approximate surface area is 111 Å². The summed E-state index contributed by atoms with van der Waals surface area (Å²) in [7, 11) is 0. The topological polar surface area (TPSA) is 61.8 Å². The van der Waals surface area contributed by atoms with Crippen LogP contribution in [-0.4, -0.2) is 0 Å². The highest BCUT2D eigenvalue weighted by Gasteiger charge is 2.07. The van der Waals surface area contributed by atoms with Gasteiger partial charge in [0, 0.05) is 5.69 Å². The van der Waals surface area contributed by atoms with Crippen molar-refractivity contribution in [3.05, 3.63) is 52.5 Å². The molecule has 0 spiro atoms. The van der Waals surface area contributed by atoms with Crippen LogP contribution in [0.5, 0.6) is 0 Å². The SMILES string of the molecule is Cc1ccc(C#N)cc1Nc1c(N)cccc1Cl. The predicted octanol–water partition coefficient (Wildman–Crippen LogP) is 3.85. The summed E-state index contributed by atoms with van der Waals surface area (Å²) in [5.41, 5.74) is 9.56. The fourth-order valence-electron chi connectivity index (χ4n) is 1.63. The second kappa shape index (κ2) is 4.99. The summed E-state index contributed by atoms with van der Waals surface area (Å²) in [5.74, 6) is 0. The molecule has 3 N–H and O–H groups in total. The van der Waals surface area contributed by atoms with Crippen LogP contribution in [0.15, 0.2) is 36.4 Å². The van der Waals surface area contributed by atoms with Gasteiger partial charge in [-0.1, -0.05) is 23.7 Å². The number of hydrogen-bond acceptors (Lipinski definition) is 3. The van der Waals surface area contributed by atoms with Crippen molar-refractivity contribution < 1.29 is 0 Å². The molecule has 90 valence electrons. The summed E-state index contributed by atoms with van der Waals surface area (Å²) in [6.07, 6.45) is 0. The highest BCUT2D eigenvalue weighted by atomic mass is 35.5. The van der Waals surface area contributed by atoms with Crippen LogP contribution in [0.4, 0.5) is 17.1 Å². The van der Waals surface area contributed by atoms with Gasteiger partial charge in [-0.2, -0.15) is 5.26 Å². The molecule has 0 saturated heterocycles. The van der Waals surface area contributed by atoms with Crippen molar-refractivity contribution in [3.63, 3.8) is 0 Å². The van der Waals surface area contributed by atoms with Gasteiger partial charge in [0.25, 0.3) is 0 Å². The highest BCUT2D eigenvalue weighted by Crippen LogP contribution is 2.32. The smallest absolute Gasteiger partial charge is 0.0992 e. The van der Waals surface area contributed by atoms with Crippen LogP contribution in [0.2, 0.25) is 5.02 Å². The number of anilines is 3. The summed E-state index contributed by atoms with van der Waals surface area (Å²) < 4.78 is 0. The fourth-order valence-corrected chi connectivity index (χ4v) is 1.86. The van der Waals surface area contributed by atoms with Crippen molar-refractivity contribution >= 4 is 28.7 Å². The summed E-state index contributed by atoms with van der Waals surface area (Å²) in [6.45, 7) is 1.95. The Morgan fingerprint density at radius 2 is 2.06 bits per heavy atom. The van der Waals surface area contributed by atoms with Crippen LogP contribution in [-0.2, 0) is 0 Å². The summed E-state index contributed by atoms with van der Waals surface area (Å²) in [5, 5.41) is 12.6. The van der Waals surface area contributed by atoms with Crippen molar-refractivity contribution in [3.8, 4) is 6.07 Å². The van der Waals surface area contributed by atoms with Crippen LogP contribution < -0.4 is 11.1 Å². The lowest BCUT2D eigenvalue weighted by molar-refractivity contribution is 1.40. The van der Waals surface area contributed by atoms with Crippen LogP contribution in [0.1, 0.15) is 11.1 Å². The minimum Gasteiger partial charge on any atom is -0.397 e. The maximum Gasteiger partial charge on any atom is 0.0992 e. The normalized spacial score (nSPS) is 9.83. The van der Waals surface area contributed by atoms with Crippen LogP contribution in [0, 0.1) is 18.3 Å². The maximum absolute atomic E-state index is 8.90. The van der Waals surface area contributed by atoms with E-state index in [1.165, 1.54) is 0 Å². The molecule has 0 saturated carbocycles. The molecule has 0 unspecified atom stereocenters. The monoisotopic (exact) mass is 257 g/mol. The Bertz CT molecular complexity index is 609. The van der Waals surface area contributed by atoms with E-state index in [1.54, 1.807) is 30.3 Å². The van der Waals surface area contributed by atoms with Crippen LogP contribution in [0.3, 0.4) is 0 Å². The van der Waals surface area contributed by atoms with Crippen molar-refractivity contribution in [2.75, 3.05) is 11.1 Å². The molecule has 0 aliphatic rings. The number of nitrogens with zero attached hydrogens (tertiary/aromatic N) is 1. The number of aryl methyl sites for hydroxylation is 1. The summed E-state index contributed by atoms with van der Waals surface area (Å²) in [4.78, 5) is 0. The molecule has 2 aromatic carbocycles. The third kappa shape index (κ3) is 2.39. The van der Waals surface area contributed by atoms with Gasteiger partial charge in [-0.25, -0.2) is 0 Å². The largest absolute Gasteiger partial charge is 0.397 e. The van der Waals surface area contributed by atoms with Gasteiger partial charge in [0.1, 0.15) is 0 Å². The number of nitriles is 1. The minimum atomic E-state index is 0.553. The van der Waals surface area contributed by atoms with Crippen molar-refractivity contribution in [1.82, 2.24) is 0 Å². The molecule has 0 aliphatic carbocycles. The lowest BCUT2D eigenvalue weighted by Gasteiger charge is -2.13. The molecule has 2 rings (SSSR count). The molecule has 0 fully saturated rings. The van der Waals surface area contributed by atoms with Gasteiger partial charge in [-0.05, 0) is 36.8 Å². The Balaban J connectivity index is 2.43. The van der Waals surface area contributed by atoms with Gasteiger partial charge in [-0.3, -0.25) is 0 Å². The van der Waals surface area contributed by atoms with E-state index in [9.17, 15) is 0 Å². The zero-order valence-corrected chi connectivity index (χ0v) is 10.6. The second-order valence-electron chi connectivity index (χ2n) is 3.97. The Kier molecular flexibility index (Phi) is 3.40. The predicted molar refractivity (Wildman–Crippen MR) is 75.0 cm³/mol. The number of rotatable bonds is 2. The van der Waals surface area contributed by atoms with E-state index in [0.29, 0.717) is 22.0 Å². The highest BCUT2D eigenvalue weighted by molar-refractivity contribution is 6.34. The molecule has 0 radical (unpaired) electrons. The summed E-state index contributed by atoms with van der Waals surface area (Å²) in [6, 6.07) is 12.9. The molecular weight excluding hydrogens is 246 g/mol. The van der Waals surface area contributed by atoms with E-state index in [0.717, 1.165) is 11.3 Å². The van der Waals surface area contributed by atoms with E-state index >= 15 is 0 Å². The fraction of sp³-hybridized carbons (Fsp3) is 0.0714. The van der Waals surface area contributed by atoms with Gasteiger partial charge in [0.15, 0.2) is 0 Å². The third-order valence-electron chi connectivity index (χ3n) is 2.67. The van der Waals surface area contributed by atoms with Gasteiger partial charge in [0.2, 0.25) is 0 Å². The van der Waals surface area contributed by atoms with E-state index < -0.39 is 0 Å². The molecule has 18 heavy (non-hydrogen) atoms. The van der Waals surface area contributed by atoms with Crippen molar-refractivity contribution in [2.24, 2.45) is 0 Å². The van der Waals surface area contributed by atoms with Crippen LogP contribution in [0.25, 0.3) is 0 Å². The zero-order chi connectivity index (χ0) is 13.1. The average Bonchev–Trinajstić information content (AvgIpc) is 2.36. The Morgan fingerprint density at radius 1 is 1.28 bits per heavy atom. The first-order valence-electron chi connectivity index (χ1n) is 5.43. The molecule has 0 aromatic heterocycles. The van der Waals surface area contributed by atoms with Gasteiger partial charge < -0.3 is 11.1 Å². The van der Waals surface area contributed by atoms with Gasteiger partial charge in [0.05, 0.1) is 28.0 Å². The Hall–Kier alpha value is -2.18. The molecule has 0 aliphatic heterocycles. The number of benzene rings is 2. The molecule has 0 atom stereocenters. The molecule has 3 nitrogen and oxygen atoms in total. The van der Waals surface area contributed by atoms with Crippen LogP contribution >= 0.6 is 11.6 Å². The number of halogens is 1. The molecule has 4 heteroatoms. The molecule has 0 amide bonds.